The third-order valence-corrected chi connectivity index (χ3v) is 5.95. The number of hydrogen-bond acceptors (Lipinski definition) is 4. The van der Waals surface area contributed by atoms with Crippen LogP contribution >= 0.6 is 0 Å². The molecule has 0 saturated carbocycles. The van der Waals surface area contributed by atoms with E-state index in [0.717, 1.165) is 11.1 Å². The summed E-state index contributed by atoms with van der Waals surface area (Å²) in [5.41, 5.74) is 1.53. The van der Waals surface area contributed by atoms with Crippen LogP contribution in [0.4, 0.5) is 20.4 Å². The molecule has 0 bridgehead atoms. The van der Waals surface area contributed by atoms with Gasteiger partial charge in [0.25, 0.3) is 5.56 Å². The minimum absolute atomic E-state index is 0.0629. The van der Waals surface area contributed by atoms with Gasteiger partial charge < -0.3 is 9.47 Å². The van der Waals surface area contributed by atoms with E-state index >= 15 is 8.78 Å². The highest BCUT2D eigenvalue weighted by Crippen LogP contribution is 2.38. The molecule has 0 radical (unpaired) electrons. The van der Waals surface area contributed by atoms with Crippen molar-refractivity contribution in [2.45, 2.75) is 32.1 Å². The number of aromatic nitrogens is 2. The van der Waals surface area contributed by atoms with Crippen LogP contribution in [0.5, 0.6) is 0 Å². The second kappa shape index (κ2) is 7.84. The van der Waals surface area contributed by atoms with E-state index < -0.39 is 18.0 Å². The van der Waals surface area contributed by atoms with Crippen LogP contribution in [0.25, 0.3) is 4.85 Å². The Bertz CT molecular complexity index is 1270. The Balaban J connectivity index is 1.47. The average molecular weight is 433 g/mol. The molecule has 32 heavy (non-hydrogen) atoms. The van der Waals surface area contributed by atoms with Crippen molar-refractivity contribution >= 4 is 11.6 Å². The standard InChI is InChI=1S/C24H21F2N5O/c1-27-19-9-5-8-18(12-19)13-29-15-20-21(24(25,26)16-29)31-11-10-30(23(31)28-22(20)32)14-17-6-3-2-4-7-17/h2-9,12H,10-11,13-16H2. The van der Waals surface area contributed by atoms with Gasteiger partial charge in [0.1, 0.15) is 5.69 Å². The molecule has 0 unspecified atom stereocenters. The van der Waals surface area contributed by atoms with Gasteiger partial charge in [-0.2, -0.15) is 13.8 Å². The summed E-state index contributed by atoms with van der Waals surface area (Å²) >= 11 is 0. The number of anilines is 1. The molecule has 1 aromatic heterocycles. The summed E-state index contributed by atoms with van der Waals surface area (Å²) in [4.78, 5) is 23.9. The molecule has 8 heteroatoms. The van der Waals surface area contributed by atoms with Gasteiger partial charge >= 0.3 is 5.92 Å². The molecule has 0 saturated heterocycles. The smallest absolute Gasteiger partial charge is 0.300 e. The summed E-state index contributed by atoms with van der Waals surface area (Å²) in [5, 5.41) is 0. The van der Waals surface area contributed by atoms with Gasteiger partial charge in [-0.05, 0) is 11.1 Å². The van der Waals surface area contributed by atoms with Gasteiger partial charge in [0.2, 0.25) is 5.95 Å². The number of halogens is 2. The van der Waals surface area contributed by atoms with Gasteiger partial charge in [0.05, 0.1) is 18.7 Å². The molecule has 0 spiro atoms. The van der Waals surface area contributed by atoms with Crippen LogP contribution in [0.2, 0.25) is 0 Å². The first-order valence-corrected chi connectivity index (χ1v) is 10.4. The van der Waals surface area contributed by atoms with Crippen molar-refractivity contribution in [1.29, 1.82) is 0 Å². The predicted molar refractivity (Wildman–Crippen MR) is 117 cm³/mol. The summed E-state index contributed by atoms with van der Waals surface area (Å²) in [6, 6.07) is 16.6. The summed E-state index contributed by atoms with van der Waals surface area (Å²) in [5.74, 6) is -2.86. The van der Waals surface area contributed by atoms with Gasteiger partial charge in [-0.15, -0.1) is 0 Å². The normalized spacial score (nSPS) is 17.0. The Kier molecular flexibility index (Phi) is 4.98. The van der Waals surface area contributed by atoms with Crippen molar-refractivity contribution in [1.82, 2.24) is 14.5 Å². The van der Waals surface area contributed by atoms with Crippen LogP contribution in [0.3, 0.4) is 0 Å². The fourth-order valence-electron chi connectivity index (χ4n) is 4.60. The summed E-state index contributed by atoms with van der Waals surface area (Å²) in [6.45, 7) is 8.42. The minimum atomic E-state index is -3.18. The molecular weight excluding hydrogens is 412 g/mol. The highest BCUT2D eigenvalue weighted by molar-refractivity contribution is 5.47. The molecule has 0 aliphatic carbocycles. The van der Waals surface area contributed by atoms with E-state index in [-0.39, 0.29) is 24.3 Å². The van der Waals surface area contributed by atoms with E-state index in [2.05, 4.69) is 9.83 Å². The molecule has 0 N–H and O–H groups in total. The summed E-state index contributed by atoms with van der Waals surface area (Å²) in [7, 11) is 0. The number of alkyl halides is 2. The van der Waals surface area contributed by atoms with Crippen LogP contribution in [0.15, 0.2) is 59.4 Å². The first kappa shape index (κ1) is 20.3. The molecular formula is C24H21F2N5O. The lowest BCUT2D eigenvalue weighted by molar-refractivity contribution is -0.0621. The van der Waals surface area contributed by atoms with Gasteiger partial charge in [0, 0.05) is 32.7 Å². The highest BCUT2D eigenvalue weighted by Gasteiger charge is 2.46. The molecule has 0 atom stereocenters. The highest BCUT2D eigenvalue weighted by atomic mass is 19.3. The molecule has 0 fully saturated rings. The quantitative estimate of drug-likeness (QED) is 0.585. The number of benzene rings is 2. The topological polar surface area (TPSA) is 45.7 Å². The third kappa shape index (κ3) is 3.65. The molecule has 3 heterocycles. The molecule has 2 aromatic carbocycles. The number of rotatable bonds is 4. The zero-order valence-electron chi connectivity index (χ0n) is 17.3. The Morgan fingerprint density at radius 1 is 1.03 bits per heavy atom. The monoisotopic (exact) mass is 433 g/mol. The second-order valence-electron chi connectivity index (χ2n) is 8.23. The fourth-order valence-corrected chi connectivity index (χ4v) is 4.60. The van der Waals surface area contributed by atoms with Crippen LogP contribution in [-0.4, -0.2) is 27.5 Å². The van der Waals surface area contributed by atoms with Gasteiger partial charge in [-0.1, -0.05) is 54.6 Å². The first-order chi connectivity index (χ1) is 15.4. The lowest BCUT2D eigenvalue weighted by Crippen LogP contribution is -2.45. The molecule has 162 valence electrons. The van der Waals surface area contributed by atoms with Crippen molar-refractivity contribution < 1.29 is 8.78 Å². The maximum Gasteiger partial charge on any atom is 0.300 e. The fraction of sp³-hybridized carbons (Fsp3) is 0.292. The van der Waals surface area contributed by atoms with E-state index in [4.69, 9.17) is 6.57 Å². The molecule has 0 amide bonds. The molecule has 3 aromatic rings. The predicted octanol–water partition coefficient (Wildman–Crippen LogP) is 3.92. The van der Waals surface area contributed by atoms with Crippen molar-refractivity contribution in [2.24, 2.45) is 0 Å². The van der Waals surface area contributed by atoms with Crippen molar-refractivity contribution in [2.75, 3.05) is 18.0 Å². The summed E-state index contributed by atoms with van der Waals surface area (Å²) in [6.07, 6.45) is 0. The molecule has 5 rings (SSSR count). The number of nitrogens with zero attached hydrogens (tertiary/aromatic N) is 5. The lowest BCUT2D eigenvalue weighted by atomic mass is 10.0. The van der Waals surface area contributed by atoms with E-state index in [0.29, 0.717) is 31.3 Å². The zero-order valence-corrected chi connectivity index (χ0v) is 17.3. The van der Waals surface area contributed by atoms with Crippen LogP contribution in [0, 0.1) is 6.57 Å². The molecule has 2 aliphatic heterocycles. The number of fused-ring (bicyclic) bond motifs is 3. The van der Waals surface area contributed by atoms with Gasteiger partial charge in [-0.3, -0.25) is 9.69 Å². The zero-order chi connectivity index (χ0) is 22.3. The van der Waals surface area contributed by atoms with Crippen molar-refractivity contribution in [3.63, 3.8) is 0 Å². The second-order valence-corrected chi connectivity index (χ2v) is 8.23. The van der Waals surface area contributed by atoms with E-state index in [1.807, 2.05) is 35.2 Å². The van der Waals surface area contributed by atoms with E-state index in [1.54, 1.807) is 29.2 Å². The molecule has 2 aliphatic rings. The first-order valence-electron chi connectivity index (χ1n) is 10.4. The van der Waals surface area contributed by atoms with Gasteiger partial charge in [0.15, 0.2) is 5.69 Å². The summed E-state index contributed by atoms with van der Waals surface area (Å²) < 4.78 is 32.3. The SMILES string of the molecule is [C-]#[N+]c1cccc(CN2Cc3c(n4c(nc3=O)N(Cc3ccccc3)CC4)C(F)(F)C2)c1. The minimum Gasteiger partial charge on any atom is -0.336 e. The van der Waals surface area contributed by atoms with Crippen molar-refractivity contribution in [3.8, 4) is 0 Å². The van der Waals surface area contributed by atoms with Crippen molar-refractivity contribution in [3.05, 3.63) is 98.8 Å². The Morgan fingerprint density at radius 2 is 1.81 bits per heavy atom. The van der Waals surface area contributed by atoms with Crippen LogP contribution < -0.4 is 10.5 Å². The Morgan fingerprint density at radius 3 is 2.59 bits per heavy atom. The lowest BCUT2D eigenvalue weighted by Gasteiger charge is -2.35. The van der Waals surface area contributed by atoms with Crippen LogP contribution in [-0.2, 0) is 32.1 Å². The maximum atomic E-state index is 15.4. The van der Waals surface area contributed by atoms with E-state index in [1.165, 1.54) is 4.57 Å². The largest absolute Gasteiger partial charge is 0.336 e. The maximum absolute atomic E-state index is 15.4. The van der Waals surface area contributed by atoms with Gasteiger partial charge in [-0.25, -0.2) is 4.85 Å². The number of hydrogen-bond donors (Lipinski definition) is 0. The Labute approximate surface area is 184 Å². The average Bonchev–Trinajstić information content (AvgIpc) is 3.16. The van der Waals surface area contributed by atoms with E-state index in [9.17, 15) is 4.79 Å². The third-order valence-electron chi connectivity index (χ3n) is 5.95. The molecule has 6 nitrogen and oxygen atoms in total. The Hall–Kier alpha value is -3.57. The van der Waals surface area contributed by atoms with Crippen LogP contribution in [0.1, 0.15) is 22.4 Å².